The Morgan fingerprint density at radius 2 is 2.16 bits per heavy atom. The second-order valence-corrected chi connectivity index (χ2v) is 6.11. The predicted molar refractivity (Wildman–Crippen MR) is 79.4 cm³/mol. The molecule has 1 heterocycles. The molecule has 1 amide bonds. The van der Waals surface area contributed by atoms with Crippen LogP contribution in [-0.2, 0) is 10.5 Å². The number of aliphatic hydroxyl groups excluding tert-OH is 1. The van der Waals surface area contributed by atoms with Crippen molar-refractivity contribution < 1.29 is 9.90 Å². The molecule has 0 aliphatic carbocycles. The molecule has 0 unspecified atom stereocenters. The van der Waals surface area contributed by atoms with E-state index in [9.17, 15) is 9.90 Å². The van der Waals surface area contributed by atoms with Crippen LogP contribution < -0.4 is 0 Å². The molecule has 1 aromatic rings. The third-order valence-electron chi connectivity index (χ3n) is 3.32. The van der Waals surface area contributed by atoms with Gasteiger partial charge in [0.2, 0.25) is 5.91 Å². The highest BCUT2D eigenvalue weighted by atomic mass is 35.5. The number of carbonyl (C=O) groups excluding carboxylic acids is 1. The lowest BCUT2D eigenvalue weighted by Crippen LogP contribution is -2.38. The lowest BCUT2D eigenvalue weighted by atomic mass is 10.2. The van der Waals surface area contributed by atoms with Gasteiger partial charge in [-0.1, -0.05) is 23.7 Å². The number of hydrogen-bond donors (Lipinski definition) is 1. The van der Waals surface area contributed by atoms with Crippen molar-refractivity contribution in [1.29, 1.82) is 0 Å². The van der Waals surface area contributed by atoms with Crippen LogP contribution in [0.15, 0.2) is 24.3 Å². The van der Waals surface area contributed by atoms with Crippen molar-refractivity contribution in [2.45, 2.75) is 24.6 Å². The molecule has 0 aromatic heterocycles. The predicted octanol–water partition coefficient (Wildman–Crippen LogP) is 2.56. The van der Waals surface area contributed by atoms with Gasteiger partial charge in [0.25, 0.3) is 0 Å². The summed E-state index contributed by atoms with van der Waals surface area (Å²) < 4.78 is 0. The van der Waals surface area contributed by atoms with Gasteiger partial charge < -0.3 is 10.0 Å². The van der Waals surface area contributed by atoms with Gasteiger partial charge in [-0.25, -0.2) is 0 Å². The van der Waals surface area contributed by atoms with Crippen molar-refractivity contribution in [3.05, 3.63) is 34.9 Å². The lowest BCUT2D eigenvalue weighted by Gasteiger charge is -2.22. The molecule has 0 bridgehead atoms. The van der Waals surface area contributed by atoms with Gasteiger partial charge in [-0.15, -0.1) is 11.8 Å². The van der Waals surface area contributed by atoms with Gasteiger partial charge in [-0.05, 0) is 30.5 Å². The summed E-state index contributed by atoms with van der Waals surface area (Å²) in [5.74, 6) is 1.41. The van der Waals surface area contributed by atoms with Crippen LogP contribution in [0.5, 0.6) is 0 Å². The van der Waals surface area contributed by atoms with Gasteiger partial charge in [-0.2, -0.15) is 0 Å². The summed E-state index contributed by atoms with van der Waals surface area (Å²) in [6.45, 7) is 0.860. The zero-order valence-corrected chi connectivity index (χ0v) is 12.3. The fourth-order valence-electron chi connectivity index (χ4n) is 2.27. The van der Waals surface area contributed by atoms with Gasteiger partial charge in [0.15, 0.2) is 0 Å². The molecular weight excluding hydrogens is 282 g/mol. The Morgan fingerprint density at radius 3 is 2.84 bits per heavy atom. The summed E-state index contributed by atoms with van der Waals surface area (Å²) in [7, 11) is 0. The number of amides is 1. The Morgan fingerprint density at radius 1 is 1.42 bits per heavy atom. The van der Waals surface area contributed by atoms with Crippen molar-refractivity contribution in [2.24, 2.45) is 0 Å². The zero-order chi connectivity index (χ0) is 13.7. The number of thioether (sulfide) groups is 1. The molecule has 19 heavy (non-hydrogen) atoms. The Kier molecular flexibility index (Phi) is 5.55. The quantitative estimate of drug-likeness (QED) is 0.908. The van der Waals surface area contributed by atoms with E-state index in [0.717, 1.165) is 30.2 Å². The van der Waals surface area contributed by atoms with Crippen molar-refractivity contribution in [3.63, 3.8) is 0 Å². The highest BCUT2D eigenvalue weighted by Gasteiger charge is 2.27. The first-order valence-corrected chi connectivity index (χ1v) is 7.96. The second-order valence-electron chi connectivity index (χ2n) is 4.69. The summed E-state index contributed by atoms with van der Waals surface area (Å²) in [6.07, 6.45) is 1.92. The molecule has 104 valence electrons. The van der Waals surface area contributed by atoms with E-state index in [2.05, 4.69) is 0 Å². The smallest absolute Gasteiger partial charge is 0.232 e. The van der Waals surface area contributed by atoms with E-state index in [1.54, 1.807) is 11.8 Å². The fourth-order valence-corrected chi connectivity index (χ4v) is 3.27. The molecule has 1 aromatic carbocycles. The van der Waals surface area contributed by atoms with Crippen molar-refractivity contribution in [2.75, 3.05) is 18.9 Å². The minimum atomic E-state index is 0.0311. The number of benzene rings is 1. The number of rotatable bonds is 5. The molecule has 5 heteroatoms. The average Bonchev–Trinajstić information content (AvgIpc) is 2.89. The Bertz CT molecular complexity index is 424. The molecule has 1 fully saturated rings. The standard InChI is InChI=1S/C14H18ClNO2S/c15-12-5-3-11(4-6-12)9-19-10-14(18)16-7-1-2-13(16)8-17/h3-6,13,17H,1-2,7-10H2/t13-/m1/s1. The lowest BCUT2D eigenvalue weighted by molar-refractivity contribution is -0.129. The summed E-state index contributed by atoms with van der Waals surface area (Å²) in [4.78, 5) is 13.8. The molecule has 1 atom stereocenters. The van der Waals surface area contributed by atoms with Crippen LogP contribution in [0.1, 0.15) is 18.4 Å². The number of carbonyl (C=O) groups is 1. The van der Waals surface area contributed by atoms with Gasteiger partial charge in [0, 0.05) is 17.3 Å². The molecule has 1 saturated heterocycles. The minimum absolute atomic E-state index is 0.0311. The van der Waals surface area contributed by atoms with E-state index in [1.807, 2.05) is 29.2 Å². The summed E-state index contributed by atoms with van der Waals surface area (Å²) in [5.41, 5.74) is 1.17. The summed E-state index contributed by atoms with van der Waals surface area (Å²) in [6, 6.07) is 7.71. The maximum absolute atomic E-state index is 12.0. The Labute approximate surface area is 122 Å². The van der Waals surface area contributed by atoms with Crippen LogP contribution in [0.25, 0.3) is 0 Å². The number of hydrogen-bond acceptors (Lipinski definition) is 3. The van der Waals surface area contributed by atoms with E-state index >= 15 is 0 Å². The van der Waals surface area contributed by atoms with E-state index < -0.39 is 0 Å². The van der Waals surface area contributed by atoms with Crippen LogP contribution in [-0.4, -0.2) is 40.9 Å². The molecule has 0 radical (unpaired) electrons. The van der Waals surface area contributed by atoms with Gasteiger partial charge in [0.05, 0.1) is 18.4 Å². The minimum Gasteiger partial charge on any atom is -0.394 e. The number of aliphatic hydroxyl groups is 1. The molecule has 1 aliphatic heterocycles. The molecule has 2 rings (SSSR count). The number of likely N-dealkylation sites (tertiary alicyclic amines) is 1. The van der Waals surface area contributed by atoms with Gasteiger partial charge in [-0.3, -0.25) is 4.79 Å². The molecule has 3 nitrogen and oxygen atoms in total. The monoisotopic (exact) mass is 299 g/mol. The van der Waals surface area contributed by atoms with E-state index in [-0.39, 0.29) is 18.6 Å². The molecular formula is C14H18ClNO2S. The highest BCUT2D eigenvalue weighted by molar-refractivity contribution is 7.99. The third-order valence-corrected chi connectivity index (χ3v) is 4.56. The van der Waals surface area contributed by atoms with Crippen LogP contribution in [0.4, 0.5) is 0 Å². The molecule has 1 N–H and O–H groups in total. The fraction of sp³-hybridized carbons (Fsp3) is 0.500. The molecule has 1 aliphatic rings. The summed E-state index contributed by atoms with van der Waals surface area (Å²) in [5, 5.41) is 9.93. The molecule has 0 spiro atoms. The van der Waals surface area contributed by atoms with E-state index in [4.69, 9.17) is 11.6 Å². The van der Waals surface area contributed by atoms with Crippen molar-refractivity contribution in [3.8, 4) is 0 Å². The number of halogens is 1. The van der Waals surface area contributed by atoms with E-state index in [0.29, 0.717) is 5.75 Å². The maximum atomic E-state index is 12.0. The first kappa shape index (κ1) is 14.7. The largest absolute Gasteiger partial charge is 0.394 e. The Hall–Kier alpha value is -0.710. The normalized spacial score (nSPS) is 18.8. The Balaban J connectivity index is 1.76. The van der Waals surface area contributed by atoms with Crippen LogP contribution in [0.3, 0.4) is 0 Å². The van der Waals surface area contributed by atoms with Crippen LogP contribution in [0, 0.1) is 0 Å². The number of nitrogens with zero attached hydrogens (tertiary/aromatic N) is 1. The van der Waals surface area contributed by atoms with Crippen molar-refractivity contribution in [1.82, 2.24) is 4.90 Å². The first-order valence-electron chi connectivity index (χ1n) is 6.43. The van der Waals surface area contributed by atoms with Crippen LogP contribution in [0.2, 0.25) is 5.02 Å². The topological polar surface area (TPSA) is 40.5 Å². The second kappa shape index (κ2) is 7.17. The van der Waals surface area contributed by atoms with Crippen LogP contribution >= 0.6 is 23.4 Å². The SMILES string of the molecule is O=C(CSCc1ccc(Cl)cc1)N1CCC[C@@H]1CO. The summed E-state index contributed by atoms with van der Waals surface area (Å²) >= 11 is 7.43. The van der Waals surface area contributed by atoms with Crippen molar-refractivity contribution >= 4 is 29.3 Å². The highest BCUT2D eigenvalue weighted by Crippen LogP contribution is 2.20. The molecule has 0 saturated carbocycles. The first-order chi connectivity index (χ1) is 9.20. The maximum Gasteiger partial charge on any atom is 0.232 e. The zero-order valence-electron chi connectivity index (χ0n) is 10.7. The van der Waals surface area contributed by atoms with Gasteiger partial charge in [0.1, 0.15) is 0 Å². The third kappa shape index (κ3) is 4.13. The average molecular weight is 300 g/mol. The van der Waals surface area contributed by atoms with E-state index in [1.165, 1.54) is 5.56 Å². The van der Waals surface area contributed by atoms with Gasteiger partial charge >= 0.3 is 0 Å².